The van der Waals surface area contributed by atoms with Crippen LogP contribution in [0.3, 0.4) is 0 Å². The Morgan fingerprint density at radius 2 is 1.73 bits per heavy atom. The van der Waals surface area contributed by atoms with Crippen molar-refractivity contribution in [3.63, 3.8) is 0 Å². The van der Waals surface area contributed by atoms with Crippen molar-refractivity contribution in [1.29, 1.82) is 0 Å². The molecule has 2 aromatic rings. The summed E-state index contributed by atoms with van der Waals surface area (Å²) >= 11 is 0. The van der Waals surface area contributed by atoms with Gasteiger partial charge >= 0.3 is 0 Å². The van der Waals surface area contributed by atoms with Gasteiger partial charge in [-0.25, -0.2) is 9.38 Å². The highest BCUT2D eigenvalue weighted by atomic mass is 127. The quantitative estimate of drug-likeness (QED) is 0.401. The molecule has 0 atom stereocenters. The van der Waals surface area contributed by atoms with E-state index in [0.717, 1.165) is 31.9 Å². The minimum Gasteiger partial charge on any atom is -0.454 e. The van der Waals surface area contributed by atoms with Gasteiger partial charge in [0, 0.05) is 31.9 Å². The fraction of sp³-hybridized carbons (Fsp3) is 0.294. The topological polar surface area (TPSA) is 101 Å². The van der Waals surface area contributed by atoms with Gasteiger partial charge in [-0.1, -0.05) is 0 Å². The van der Waals surface area contributed by atoms with Crippen molar-refractivity contribution in [3.05, 3.63) is 53.7 Å². The first-order chi connectivity index (χ1) is 12.0. The van der Waals surface area contributed by atoms with Crippen LogP contribution in [0.5, 0.6) is 0 Å². The van der Waals surface area contributed by atoms with Gasteiger partial charge < -0.3 is 25.7 Å². The lowest BCUT2D eigenvalue weighted by atomic mass is 10.2. The highest BCUT2D eigenvalue weighted by Gasteiger charge is 2.18. The summed E-state index contributed by atoms with van der Waals surface area (Å²) < 4.78 is 18.3. The van der Waals surface area contributed by atoms with Gasteiger partial charge in [0.25, 0.3) is 5.91 Å². The Labute approximate surface area is 167 Å². The molecule has 140 valence electrons. The number of amides is 1. The Bertz CT molecular complexity index is 770. The second kappa shape index (κ2) is 8.88. The lowest BCUT2D eigenvalue weighted by molar-refractivity contribution is 0.0972. The van der Waals surface area contributed by atoms with Gasteiger partial charge in [0.15, 0.2) is 11.7 Å². The number of furan rings is 1. The largest absolute Gasteiger partial charge is 0.454 e. The van der Waals surface area contributed by atoms with E-state index in [1.807, 2.05) is 4.90 Å². The van der Waals surface area contributed by atoms with Gasteiger partial charge in [-0.2, -0.15) is 0 Å². The Balaban J connectivity index is 0.00000243. The molecule has 1 aromatic carbocycles. The molecule has 0 saturated carbocycles. The van der Waals surface area contributed by atoms with Gasteiger partial charge in [-0.3, -0.25) is 4.79 Å². The molecule has 1 fully saturated rings. The predicted molar refractivity (Wildman–Crippen MR) is 108 cm³/mol. The SMILES string of the molecule is I.NC(=O)c1ccc(CN=C(N)N2CCN(c3ccc(F)cc3)CC2)o1. The lowest BCUT2D eigenvalue weighted by Crippen LogP contribution is -2.51. The third-order valence-electron chi connectivity index (χ3n) is 4.10. The van der Waals surface area contributed by atoms with Gasteiger partial charge in [0.05, 0.1) is 0 Å². The molecule has 1 amide bonds. The number of piperazine rings is 1. The molecular weight excluding hydrogens is 452 g/mol. The van der Waals surface area contributed by atoms with Crippen molar-refractivity contribution < 1.29 is 13.6 Å². The van der Waals surface area contributed by atoms with E-state index in [1.165, 1.54) is 18.2 Å². The van der Waals surface area contributed by atoms with E-state index in [0.29, 0.717) is 11.7 Å². The normalized spacial score (nSPS) is 14.9. The number of rotatable bonds is 4. The number of aliphatic imine (C=N–C) groups is 1. The number of anilines is 1. The van der Waals surface area contributed by atoms with Gasteiger partial charge in [-0.15, -0.1) is 24.0 Å². The summed E-state index contributed by atoms with van der Waals surface area (Å²) in [6.45, 7) is 3.23. The minimum atomic E-state index is -0.611. The smallest absolute Gasteiger partial charge is 0.284 e. The number of carbonyl (C=O) groups excluding carboxylic acids is 1. The summed E-state index contributed by atoms with van der Waals surface area (Å²) in [7, 11) is 0. The molecule has 0 unspecified atom stereocenters. The van der Waals surface area contributed by atoms with E-state index in [-0.39, 0.29) is 42.1 Å². The molecule has 3 rings (SSSR count). The molecule has 2 heterocycles. The molecule has 1 aromatic heterocycles. The Morgan fingerprint density at radius 3 is 2.31 bits per heavy atom. The number of halogens is 2. The summed E-state index contributed by atoms with van der Waals surface area (Å²) in [6, 6.07) is 9.64. The number of hydrogen-bond acceptors (Lipinski definition) is 4. The molecule has 4 N–H and O–H groups in total. The third-order valence-corrected chi connectivity index (χ3v) is 4.10. The number of carbonyl (C=O) groups is 1. The van der Waals surface area contributed by atoms with Gasteiger partial charge in [-0.05, 0) is 36.4 Å². The highest BCUT2D eigenvalue weighted by molar-refractivity contribution is 14.0. The molecule has 26 heavy (non-hydrogen) atoms. The fourth-order valence-corrected chi connectivity index (χ4v) is 2.70. The molecule has 7 nitrogen and oxygen atoms in total. The standard InChI is InChI=1S/C17H20FN5O2.HI/c18-12-1-3-13(4-2-12)22-7-9-23(10-8-22)17(20)21-11-14-5-6-15(25-14)16(19)24;/h1-6H,7-11H2,(H2,19,24)(H2,20,21);1H. The van der Waals surface area contributed by atoms with Crippen LogP contribution in [0.1, 0.15) is 16.3 Å². The van der Waals surface area contributed by atoms with E-state index in [1.54, 1.807) is 18.2 Å². The van der Waals surface area contributed by atoms with Crippen molar-refractivity contribution in [2.75, 3.05) is 31.1 Å². The summed E-state index contributed by atoms with van der Waals surface area (Å²) in [6.07, 6.45) is 0. The number of benzene rings is 1. The van der Waals surface area contributed by atoms with Gasteiger partial charge in [0.1, 0.15) is 18.1 Å². The van der Waals surface area contributed by atoms with Crippen LogP contribution in [-0.2, 0) is 6.54 Å². The maximum atomic E-state index is 13.0. The van der Waals surface area contributed by atoms with Crippen molar-refractivity contribution in [2.24, 2.45) is 16.5 Å². The molecule has 0 radical (unpaired) electrons. The molecular formula is C17H21FIN5O2. The van der Waals surface area contributed by atoms with Gasteiger partial charge in [0.2, 0.25) is 0 Å². The Morgan fingerprint density at radius 1 is 1.08 bits per heavy atom. The first-order valence-corrected chi connectivity index (χ1v) is 7.97. The van der Waals surface area contributed by atoms with Crippen LogP contribution in [0.25, 0.3) is 0 Å². The van der Waals surface area contributed by atoms with Crippen molar-refractivity contribution in [1.82, 2.24) is 4.90 Å². The van der Waals surface area contributed by atoms with Crippen molar-refractivity contribution in [2.45, 2.75) is 6.54 Å². The lowest BCUT2D eigenvalue weighted by Gasteiger charge is -2.36. The molecule has 9 heteroatoms. The summed E-state index contributed by atoms with van der Waals surface area (Å²) in [5.74, 6) is 0.213. The number of nitrogens with two attached hydrogens (primary N) is 2. The number of guanidine groups is 1. The van der Waals surface area contributed by atoms with Crippen LogP contribution in [-0.4, -0.2) is 42.9 Å². The van der Waals surface area contributed by atoms with E-state index < -0.39 is 5.91 Å². The zero-order valence-corrected chi connectivity index (χ0v) is 16.4. The average molecular weight is 473 g/mol. The highest BCUT2D eigenvalue weighted by Crippen LogP contribution is 2.17. The zero-order valence-electron chi connectivity index (χ0n) is 14.1. The summed E-state index contributed by atoms with van der Waals surface area (Å²) in [4.78, 5) is 19.5. The van der Waals surface area contributed by atoms with Crippen LogP contribution < -0.4 is 16.4 Å². The Kier molecular flexibility index (Phi) is 6.83. The van der Waals surface area contributed by atoms with Crippen LogP contribution in [0.2, 0.25) is 0 Å². The molecule has 0 bridgehead atoms. The van der Waals surface area contributed by atoms with E-state index in [9.17, 15) is 9.18 Å². The predicted octanol–water partition coefficient (Wildman–Crippen LogP) is 1.77. The fourth-order valence-electron chi connectivity index (χ4n) is 2.70. The third kappa shape index (κ3) is 4.87. The average Bonchev–Trinajstić information content (AvgIpc) is 3.10. The van der Waals surface area contributed by atoms with Crippen LogP contribution in [0.4, 0.5) is 10.1 Å². The number of hydrogen-bond donors (Lipinski definition) is 2. The zero-order chi connectivity index (χ0) is 17.8. The molecule has 1 aliphatic rings. The van der Waals surface area contributed by atoms with E-state index in [2.05, 4.69) is 9.89 Å². The van der Waals surface area contributed by atoms with E-state index >= 15 is 0 Å². The molecule has 0 spiro atoms. The number of primary amides is 1. The molecule has 0 aliphatic carbocycles. The Hall–Kier alpha value is -2.30. The van der Waals surface area contributed by atoms with Crippen molar-refractivity contribution in [3.8, 4) is 0 Å². The minimum absolute atomic E-state index is 0. The summed E-state index contributed by atoms with van der Waals surface area (Å²) in [5, 5.41) is 0. The first kappa shape index (κ1) is 20.0. The van der Waals surface area contributed by atoms with E-state index in [4.69, 9.17) is 15.9 Å². The van der Waals surface area contributed by atoms with Crippen LogP contribution >= 0.6 is 24.0 Å². The molecule has 1 saturated heterocycles. The maximum absolute atomic E-state index is 13.0. The van der Waals surface area contributed by atoms with Crippen LogP contribution in [0.15, 0.2) is 45.8 Å². The number of nitrogens with zero attached hydrogens (tertiary/aromatic N) is 3. The monoisotopic (exact) mass is 473 g/mol. The second-order valence-corrected chi connectivity index (χ2v) is 5.76. The first-order valence-electron chi connectivity index (χ1n) is 7.97. The molecule has 1 aliphatic heterocycles. The second-order valence-electron chi connectivity index (χ2n) is 5.76. The summed E-state index contributed by atoms with van der Waals surface area (Å²) in [5.41, 5.74) is 12.2. The van der Waals surface area contributed by atoms with Crippen LogP contribution in [0, 0.1) is 5.82 Å². The van der Waals surface area contributed by atoms with Crippen molar-refractivity contribution >= 4 is 41.5 Å². The maximum Gasteiger partial charge on any atom is 0.284 e.